The van der Waals surface area contributed by atoms with Gasteiger partial charge in [0.25, 0.3) is 0 Å². The molecule has 0 saturated heterocycles. The van der Waals surface area contributed by atoms with Crippen molar-refractivity contribution in [3.05, 3.63) is 66.4 Å². The molecule has 0 radical (unpaired) electrons. The van der Waals surface area contributed by atoms with Crippen molar-refractivity contribution in [3.63, 3.8) is 0 Å². The largest absolute Gasteiger partial charge is 0.433 e. The van der Waals surface area contributed by atoms with Crippen LogP contribution in [0, 0.1) is 10.1 Å². The predicted molar refractivity (Wildman–Crippen MR) is 107 cm³/mol. The summed E-state index contributed by atoms with van der Waals surface area (Å²) in [5.74, 6) is -0.101. The number of rotatable bonds is 5. The summed E-state index contributed by atoms with van der Waals surface area (Å²) in [6.45, 7) is 3.91. The summed E-state index contributed by atoms with van der Waals surface area (Å²) < 4.78 is 6.72. The SMILES string of the molecule is CC(C)N=c1scc(-c2cc(Cl)ccc2Cl)n1N=Cc1ccc([N+](=O)[O-])o1. The van der Waals surface area contributed by atoms with E-state index in [4.69, 9.17) is 27.6 Å². The number of hydrogen-bond acceptors (Lipinski definition) is 6. The number of nitro groups is 1. The van der Waals surface area contributed by atoms with Gasteiger partial charge in [-0.15, -0.1) is 11.3 Å². The molecule has 0 saturated carbocycles. The maximum absolute atomic E-state index is 10.8. The number of hydrogen-bond donors (Lipinski definition) is 0. The van der Waals surface area contributed by atoms with Gasteiger partial charge in [0, 0.05) is 22.0 Å². The molecule has 0 unspecified atom stereocenters. The summed E-state index contributed by atoms with van der Waals surface area (Å²) in [4.78, 5) is 15.4. The molecule has 0 aliphatic rings. The van der Waals surface area contributed by atoms with Gasteiger partial charge in [0.2, 0.25) is 4.80 Å². The van der Waals surface area contributed by atoms with Gasteiger partial charge in [-0.2, -0.15) is 5.10 Å². The second-order valence-corrected chi connectivity index (χ2v) is 7.42. The van der Waals surface area contributed by atoms with E-state index < -0.39 is 4.92 Å². The maximum atomic E-state index is 10.8. The standard InChI is InChI=1S/C17H14Cl2N4O3S/c1-10(2)21-17-22(20-8-12-4-6-16(26-12)23(24)25)15(9-27-17)13-7-11(18)3-5-14(13)19/h3-10H,1-2H3. The van der Waals surface area contributed by atoms with Crippen LogP contribution < -0.4 is 4.80 Å². The Balaban J connectivity index is 2.11. The third-order valence-electron chi connectivity index (χ3n) is 3.35. The lowest BCUT2D eigenvalue weighted by molar-refractivity contribution is -0.402. The van der Waals surface area contributed by atoms with E-state index in [1.165, 1.54) is 29.7 Å². The van der Waals surface area contributed by atoms with Crippen LogP contribution in [0.5, 0.6) is 0 Å². The summed E-state index contributed by atoms with van der Waals surface area (Å²) >= 11 is 13.8. The number of furan rings is 1. The third-order valence-corrected chi connectivity index (χ3v) is 4.75. The molecular weight excluding hydrogens is 411 g/mol. The van der Waals surface area contributed by atoms with E-state index in [1.54, 1.807) is 22.9 Å². The smallest absolute Gasteiger partial charge is 0.400 e. The van der Waals surface area contributed by atoms with Crippen molar-refractivity contribution in [1.29, 1.82) is 0 Å². The predicted octanol–water partition coefficient (Wildman–Crippen LogP) is 5.22. The molecule has 2 aromatic heterocycles. The van der Waals surface area contributed by atoms with Gasteiger partial charge in [-0.3, -0.25) is 15.1 Å². The van der Waals surface area contributed by atoms with E-state index in [9.17, 15) is 10.1 Å². The van der Waals surface area contributed by atoms with Crippen LogP contribution in [-0.2, 0) is 0 Å². The zero-order valence-electron chi connectivity index (χ0n) is 14.3. The minimum atomic E-state index is -0.605. The first-order valence-electron chi connectivity index (χ1n) is 7.83. The highest BCUT2D eigenvalue weighted by molar-refractivity contribution is 7.07. The molecule has 0 bridgehead atoms. The molecule has 7 nitrogen and oxygen atoms in total. The van der Waals surface area contributed by atoms with E-state index >= 15 is 0 Å². The minimum Gasteiger partial charge on any atom is -0.400 e. The second-order valence-electron chi connectivity index (χ2n) is 5.74. The van der Waals surface area contributed by atoms with Crippen molar-refractivity contribution in [2.45, 2.75) is 19.9 Å². The Hall–Kier alpha value is -2.42. The lowest BCUT2D eigenvalue weighted by Gasteiger charge is -2.06. The number of aromatic nitrogens is 1. The van der Waals surface area contributed by atoms with Crippen LogP contribution in [0.2, 0.25) is 10.0 Å². The Labute approximate surface area is 168 Å². The fourth-order valence-electron chi connectivity index (χ4n) is 2.22. The van der Waals surface area contributed by atoms with Crippen LogP contribution in [0.4, 0.5) is 5.88 Å². The van der Waals surface area contributed by atoms with Crippen LogP contribution in [0.1, 0.15) is 19.6 Å². The summed E-state index contributed by atoms with van der Waals surface area (Å²) in [5.41, 5.74) is 1.40. The number of benzene rings is 1. The van der Waals surface area contributed by atoms with Crippen molar-refractivity contribution in [1.82, 2.24) is 4.68 Å². The Bertz CT molecular complexity index is 1080. The molecule has 0 atom stereocenters. The molecule has 0 spiro atoms. The van der Waals surface area contributed by atoms with Gasteiger partial charge in [-0.05, 0) is 38.1 Å². The van der Waals surface area contributed by atoms with Gasteiger partial charge in [0.1, 0.15) is 4.92 Å². The molecule has 140 valence electrons. The fourth-order valence-corrected chi connectivity index (χ4v) is 3.57. The molecule has 27 heavy (non-hydrogen) atoms. The van der Waals surface area contributed by atoms with E-state index in [2.05, 4.69) is 10.1 Å². The van der Waals surface area contributed by atoms with E-state index in [1.807, 2.05) is 19.2 Å². The normalized spacial score (nSPS) is 12.4. The maximum Gasteiger partial charge on any atom is 0.433 e. The zero-order valence-corrected chi connectivity index (χ0v) is 16.6. The molecule has 0 aliphatic heterocycles. The summed E-state index contributed by atoms with van der Waals surface area (Å²) in [5, 5.41) is 18.1. The molecule has 0 aliphatic carbocycles. The van der Waals surface area contributed by atoms with E-state index in [0.29, 0.717) is 26.1 Å². The average Bonchev–Trinajstić information content (AvgIpc) is 3.22. The zero-order chi connectivity index (χ0) is 19.6. The van der Waals surface area contributed by atoms with Crippen LogP contribution >= 0.6 is 34.5 Å². The topological polar surface area (TPSA) is 85.9 Å². The summed E-state index contributed by atoms with van der Waals surface area (Å²) in [6.07, 6.45) is 1.39. The van der Waals surface area contributed by atoms with E-state index in [0.717, 1.165) is 0 Å². The van der Waals surface area contributed by atoms with Crippen molar-refractivity contribution in [2.24, 2.45) is 10.1 Å². The highest BCUT2D eigenvalue weighted by atomic mass is 35.5. The summed E-state index contributed by atoms with van der Waals surface area (Å²) in [7, 11) is 0. The van der Waals surface area contributed by atoms with Crippen molar-refractivity contribution in [2.75, 3.05) is 0 Å². The van der Waals surface area contributed by atoms with E-state index in [-0.39, 0.29) is 17.7 Å². The minimum absolute atomic E-state index is 0.0532. The summed E-state index contributed by atoms with van der Waals surface area (Å²) in [6, 6.07) is 7.95. The third kappa shape index (κ3) is 4.47. The quantitative estimate of drug-likeness (QED) is 0.319. The average molecular weight is 425 g/mol. The number of nitrogens with zero attached hydrogens (tertiary/aromatic N) is 4. The lowest BCUT2D eigenvalue weighted by atomic mass is 10.2. The highest BCUT2D eigenvalue weighted by Gasteiger charge is 2.13. The van der Waals surface area contributed by atoms with Gasteiger partial charge >= 0.3 is 5.88 Å². The monoisotopic (exact) mass is 424 g/mol. The Morgan fingerprint density at radius 3 is 2.74 bits per heavy atom. The van der Waals surface area contributed by atoms with Gasteiger partial charge in [0.05, 0.1) is 23.0 Å². The van der Waals surface area contributed by atoms with Gasteiger partial charge in [0.15, 0.2) is 5.76 Å². The molecule has 0 fully saturated rings. The van der Waals surface area contributed by atoms with Crippen molar-refractivity contribution >= 4 is 46.6 Å². The van der Waals surface area contributed by atoms with Crippen LogP contribution in [0.25, 0.3) is 11.3 Å². The number of halogens is 2. The first-order valence-corrected chi connectivity index (χ1v) is 9.47. The first-order chi connectivity index (χ1) is 12.8. The van der Waals surface area contributed by atoms with Crippen LogP contribution in [0.15, 0.2) is 50.2 Å². The molecule has 3 rings (SSSR count). The molecule has 2 heterocycles. The molecule has 0 N–H and O–H groups in total. The lowest BCUT2D eigenvalue weighted by Crippen LogP contribution is -2.14. The first kappa shape index (κ1) is 19.3. The second kappa shape index (κ2) is 8.08. The Morgan fingerprint density at radius 2 is 2.07 bits per heavy atom. The molecule has 3 aromatic rings. The highest BCUT2D eigenvalue weighted by Crippen LogP contribution is 2.31. The molecule has 1 aromatic carbocycles. The Morgan fingerprint density at radius 1 is 1.30 bits per heavy atom. The molecular formula is C17H14Cl2N4O3S. The fraction of sp³-hybridized carbons (Fsp3) is 0.176. The number of thiazole rings is 1. The van der Waals surface area contributed by atoms with Gasteiger partial charge < -0.3 is 4.42 Å². The van der Waals surface area contributed by atoms with Gasteiger partial charge in [-0.25, -0.2) is 4.68 Å². The van der Waals surface area contributed by atoms with Crippen LogP contribution in [0.3, 0.4) is 0 Å². The van der Waals surface area contributed by atoms with Gasteiger partial charge in [-0.1, -0.05) is 23.2 Å². The van der Waals surface area contributed by atoms with Crippen LogP contribution in [-0.4, -0.2) is 21.9 Å². The van der Waals surface area contributed by atoms with Crippen molar-refractivity contribution < 1.29 is 9.34 Å². The molecule has 0 amide bonds. The van der Waals surface area contributed by atoms with Crippen molar-refractivity contribution in [3.8, 4) is 11.3 Å². The molecule has 10 heteroatoms. The Kier molecular flexibility index (Phi) is 5.79.